The molecule has 0 amide bonds. The maximum absolute atomic E-state index is 10.6. The van der Waals surface area contributed by atoms with Crippen LogP contribution < -0.4 is 0 Å². The van der Waals surface area contributed by atoms with Crippen molar-refractivity contribution >= 4 is 5.97 Å². The summed E-state index contributed by atoms with van der Waals surface area (Å²) in [5.74, 6) is -1.08. The van der Waals surface area contributed by atoms with E-state index in [-0.39, 0.29) is 5.69 Å². The van der Waals surface area contributed by atoms with Gasteiger partial charge < -0.3 is 5.11 Å². The van der Waals surface area contributed by atoms with Gasteiger partial charge in [0.25, 0.3) is 0 Å². The summed E-state index contributed by atoms with van der Waals surface area (Å²) in [4.78, 5) is 10.6. The third-order valence-corrected chi connectivity index (χ3v) is 1.50. The molecule has 0 aliphatic carbocycles. The van der Waals surface area contributed by atoms with Crippen LogP contribution in [0.2, 0.25) is 0 Å². The van der Waals surface area contributed by atoms with Gasteiger partial charge in [0.2, 0.25) is 0 Å². The molecule has 13 heavy (non-hydrogen) atoms. The lowest BCUT2D eigenvalue weighted by Crippen LogP contribution is -2.06. The van der Waals surface area contributed by atoms with E-state index in [0.29, 0.717) is 5.69 Å². The van der Waals surface area contributed by atoms with Gasteiger partial charge in [-0.3, -0.25) is 5.10 Å². The first-order chi connectivity index (χ1) is 6.29. The van der Waals surface area contributed by atoms with E-state index < -0.39 is 5.97 Å². The van der Waals surface area contributed by atoms with Crippen LogP contribution in [0.15, 0.2) is 18.6 Å². The van der Waals surface area contributed by atoms with Crippen LogP contribution in [-0.4, -0.2) is 36.3 Å². The lowest BCUT2D eigenvalue weighted by Gasteiger charge is -1.96. The van der Waals surface area contributed by atoms with Crippen LogP contribution in [0, 0.1) is 0 Å². The van der Waals surface area contributed by atoms with Crippen LogP contribution in [0.1, 0.15) is 10.5 Å². The minimum atomic E-state index is -1.08. The second-order valence-electron chi connectivity index (χ2n) is 2.29. The molecule has 2 aromatic rings. The Balaban J connectivity index is 2.52. The second kappa shape index (κ2) is 2.70. The van der Waals surface area contributed by atoms with E-state index in [0.717, 1.165) is 0 Å². The number of rotatable bonds is 2. The zero-order valence-corrected chi connectivity index (χ0v) is 6.38. The number of aromatic carboxylic acids is 1. The summed E-state index contributed by atoms with van der Waals surface area (Å²) in [5.41, 5.74) is 0.538. The average molecular weight is 179 g/mol. The fourth-order valence-electron chi connectivity index (χ4n) is 0.931. The van der Waals surface area contributed by atoms with Crippen molar-refractivity contribution in [2.24, 2.45) is 0 Å². The highest BCUT2D eigenvalue weighted by molar-refractivity contribution is 5.85. The summed E-state index contributed by atoms with van der Waals surface area (Å²) in [5, 5.41) is 22.0. The van der Waals surface area contributed by atoms with Gasteiger partial charge in [-0.05, 0) is 0 Å². The lowest BCUT2D eigenvalue weighted by atomic mass is 10.4. The quantitative estimate of drug-likeness (QED) is 0.659. The van der Waals surface area contributed by atoms with Crippen LogP contribution in [0.25, 0.3) is 5.69 Å². The standard InChI is InChI=1S/C6H5N5O2/c12-6(13)5-3-9-10-11(5)4-1-7-8-2-4/h1-3H,(H,7,8)(H,12,13). The molecule has 0 fully saturated rings. The molecule has 0 spiro atoms. The fourth-order valence-corrected chi connectivity index (χ4v) is 0.931. The van der Waals surface area contributed by atoms with E-state index in [9.17, 15) is 4.79 Å². The fraction of sp³-hybridized carbons (Fsp3) is 0. The first kappa shape index (κ1) is 7.47. The number of aromatic amines is 1. The number of hydrogen-bond acceptors (Lipinski definition) is 4. The number of nitrogens with zero attached hydrogens (tertiary/aromatic N) is 4. The van der Waals surface area contributed by atoms with Gasteiger partial charge in [0.05, 0.1) is 12.4 Å². The van der Waals surface area contributed by atoms with E-state index in [1.54, 1.807) is 0 Å². The van der Waals surface area contributed by atoms with Crippen molar-refractivity contribution < 1.29 is 9.90 Å². The zero-order valence-electron chi connectivity index (χ0n) is 6.38. The molecule has 2 heterocycles. The minimum Gasteiger partial charge on any atom is -0.476 e. The molecule has 2 aromatic heterocycles. The Hall–Kier alpha value is -2.18. The highest BCUT2D eigenvalue weighted by Gasteiger charge is 2.12. The van der Waals surface area contributed by atoms with Crippen molar-refractivity contribution in [2.45, 2.75) is 0 Å². The largest absolute Gasteiger partial charge is 0.476 e. The Morgan fingerprint density at radius 3 is 3.00 bits per heavy atom. The Morgan fingerprint density at radius 2 is 2.38 bits per heavy atom. The van der Waals surface area contributed by atoms with Crippen molar-refractivity contribution in [1.29, 1.82) is 0 Å². The highest BCUT2D eigenvalue weighted by atomic mass is 16.4. The molecule has 0 bridgehead atoms. The molecule has 0 atom stereocenters. The molecule has 2 rings (SSSR count). The van der Waals surface area contributed by atoms with Gasteiger partial charge in [0, 0.05) is 6.20 Å². The summed E-state index contributed by atoms with van der Waals surface area (Å²) in [6.45, 7) is 0. The number of carboxylic acids is 1. The molecule has 0 radical (unpaired) electrons. The van der Waals surface area contributed by atoms with Crippen LogP contribution in [0.3, 0.4) is 0 Å². The van der Waals surface area contributed by atoms with Crippen molar-refractivity contribution in [3.8, 4) is 5.69 Å². The lowest BCUT2D eigenvalue weighted by molar-refractivity contribution is 0.0687. The summed E-state index contributed by atoms with van der Waals surface area (Å²) in [7, 11) is 0. The number of carboxylic acid groups (broad SMARTS) is 1. The number of H-pyrrole nitrogens is 1. The van der Waals surface area contributed by atoms with Crippen LogP contribution in [0.5, 0.6) is 0 Å². The molecule has 0 aromatic carbocycles. The van der Waals surface area contributed by atoms with Crippen molar-refractivity contribution in [1.82, 2.24) is 25.2 Å². The maximum Gasteiger partial charge on any atom is 0.356 e. The van der Waals surface area contributed by atoms with Gasteiger partial charge in [-0.1, -0.05) is 5.21 Å². The maximum atomic E-state index is 10.6. The first-order valence-corrected chi connectivity index (χ1v) is 3.42. The predicted molar refractivity (Wildman–Crippen MR) is 40.5 cm³/mol. The molecule has 0 unspecified atom stereocenters. The van der Waals surface area contributed by atoms with Crippen LogP contribution in [-0.2, 0) is 0 Å². The van der Waals surface area contributed by atoms with Crippen molar-refractivity contribution in [3.05, 3.63) is 24.3 Å². The van der Waals surface area contributed by atoms with E-state index in [4.69, 9.17) is 5.11 Å². The number of aromatic nitrogens is 5. The van der Waals surface area contributed by atoms with E-state index in [1.807, 2.05) is 0 Å². The Kier molecular flexibility index (Phi) is 1.55. The average Bonchev–Trinajstić information content (AvgIpc) is 2.74. The molecule has 7 nitrogen and oxygen atoms in total. The van der Waals surface area contributed by atoms with Crippen molar-refractivity contribution in [3.63, 3.8) is 0 Å². The molecule has 0 saturated carbocycles. The third kappa shape index (κ3) is 1.15. The molecule has 0 aliphatic heterocycles. The molecular formula is C6H5N5O2. The van der Waals surface area contributed by atoms with Gasteiger partial charge in [-0.25, -0.2) is 9.48 Å². The summed E-state index contributed by atoms with van der Waals surface area (Å²) >= 11 is 0. The number of hydrogen-bond donors (Lipinski definition) is 2. The number of nitrogens with one attached hydrogen (secondary N) is 1. The molecule has 0 aliphatic rings. The SMILES string of the molecule is O=C(O)c1cnnn1-c1cn[nH]c1. The molecule has 66 valence electrons. The predicted octanol–water partition coefficient (Wildman–Crippen LogP) is -0.311. The second-order valence-corrected chi connectivity index (χ2v) is 2.29. The Morgan fingerprint density at radius 1 is 1.54 bits per heavy atom. The first-order valence-electron chi connectivity index (χ1n) is 3.42. The topological polar surface area (TPSA) is 96.7 Å². The van der Waals surface area contributed by atoms with E-state index >= 15 is 0 Å². The van der Waals surface area contributed by atoms with Gasteiger partial charge in [0.15, 0.2) is 5.69 Å². The smallest absolute Gasteiger partial charge is 0.356 e. The summed E-state index contributed by atoms with van der Waals surface area (Å²) < 4.78 is 1.19. The van der Waals surface area contributed by atoms with Gasteiger partial charge in [-0.15, -0.1) is 5.10 Å². The van der Waals surface area contributed by atoms with Gasteiger partial charge >= 0.3 is 5.97 Å². The van der Waals surface area contributed by atoms with Gasteiger partial charge in [0.1, 0.15) is 5.69 Å². The monoisotopic (exact) mass is 179 g/mol. The number of carbonyl (C=O) groups is 1. The molecule has 0 saturated heterocycles. The molecule has 2 N–H and O–H groups in total. The normalized spacial score (nSPS) is 10.2. The van der Waals surface area contributed by atoms with Crippen LogP contribution >= 0.6 is 0 Å². The van der Waals surface area contributed by atoms with Crippen LogP contribution in [0.4, 0.5) is 0 Å². The molecule has 7 heteroatoms. The summed E-state index contributed by atoms with van der Waals surface area (Å²) in [6.07, 6.45) is 4.16. The summed E-state index contributed by atoms with van der Waals surface area (Å²) in [6, 6.07) is 0. The minimum absolute atomic E-state index is 0.00130. The third-order valence-electron chi connectivity index (χ3n) is 1.50. The Labute approximate surface area is 72.0 Å². The van der Waals surface area contributed by atoms with Crippen molar-refractivity contribution in [2.75, 3.05) is 0 Å². The Bertz CT molecular complexity index is 418. The molecular weight excluding hydrogens is 174 g/mol. The van der Waals surface area contributed by atoms with Gasteiger partial charge in [-0.2, -0.15) is 5.10 Å². The van der Waals surface area contributed by atoms with E-state index in [1.165, 1.54) is 23.3 Å². The van der Waals surface area contributed by atoms with E-state index in [2.05, 4.69) is 20.5 Å². The zero-order chi connectivity index (χ0) is 9.26. The highest BCUT2D eigenvalue weighted by Crippen LogP contribution is 2.05.